The van der Waals surface area contributed by atoms with Crippen molar-refractivity contribution in [3.05, 3.63) is 78.3 Å². The van der Waals surface area contributed by atoms with Crippen LogP contribution in [0.4, 0.5) is 10.2 Å². The van der Waals surface area contributed by atoms with Crippen molar-refractivity contribution in [2.45, 2.75) is 32.6 Å². The summed E-state index contributed by atoms with van der Waals surface area (Å²) in [5, 5.41) is 0.977. The Morgan fingerprint density at radius 3 is 2.59 bits per heavy atom. The monoisotopic (exact) mass is 496 g/mol. The van der Waals surface area contributed by atoms with Gasteiger partial charge in [-0.25, -0.2) is 19.3 Å². The lowest BCUT2D eigenvalue weighted by molar-refractivity contribution is 0.340. The molecule has 5 aromatic rings. The molecule has 7 nitrogen and oxygen atoms in total. The van der Waals surface area contributed by atoms with Crippen LogP contribution in [0.25, 0.3) is 33.5 Å². The summed E-state index contributed by atoms with van der Waals surface area (Å²) in [5.74, 6) is 2.95. The van der Waals surface area contributed by atoms with Crippen LogP contribution in [-0.4, -0.2) is 44.6 Å². The van der Waals surface area contributed by atoms with E-state index in [1.54, 1.807) is 18.5 Å². The van der Waals surface area contributed by atoms with Gasteiger partial charge in [0, 0.05) is 30.3 Å². The third-order valence-corrected chi connectivity index (χ3v) is 7.08. The second-order valence-corrected chi connectivity index (χ2v) is 9.45. The van der Waals surface area contributed by atoms with Crippen LogP contribution in [-0.2, 0) is 0 Å². The Kier molecular flexibility index (Phi) is 6.08. The normalized spacial score (nSPS) is 14.4. The van der Waals surface area contributed by atoms with E-state index in [9.17, 15) is 4.39 Å². The first-order valence-corrected chi connectivity index (χ1v) is 12.7. The van der Waals surface area contributed by atoms with Gasteiger partial charge in [-0.3, -0.25) is 0 Å². The Hall–Kier alpha value is -4.20. The highest BCUT2D eigenvalue weighted by molar-refractivity contribution is 5.92. The Morgan fingerprint density at radius 1 is 1.00 bits per heavy atom. The molecule has 2 N–H and O–H groups in total. The molecule has 1 aliphatic rings. The van der Waals surface area contributed by atoms with E-state index < -0.39 is 0 Å². The number of imidazole rings is 1. The van der Waals surface area contributed by atoms with E-state index in [2.05, 4.69) is 50.0 Å². The van der Waals surface area contributed by atoms with Crippen LogP contribution in [0.3, 0.4) is 0 Å². The summed E-state index contributed by atoms with van der Waals surface area (Å²) in [4.78, 5) is 23.3. The highest BCUT2D eigenvalue weighted by atomic mass is 19.1. The lowest BCUT2D eigenvalue weighted by atomic mass is 9.96. The predicted octanol–water partition coefficient (Wildman–Crippen LogP) is 6.25. The third kappa shape index (κ3) is 4.55. The van der Waals surface area contributed by atoms with Gasteiger partial charge in [-0.1, -0.05) is 12.1 Å². The summed E-state index contributed by atoms with van der Waals surface area (Å²) in [6.45, 7) is 6.45. The number of benzene rings is 2. The zero-order chi connectivity index (χ0) is 25.4. The first-order chi connectivity index (χ1) is 18.1. The van der Waals surface area contributed by atoms with Gasteiger partial charge in [0.1, 0.15) is 35.2 Å². The second kappa shape index (κ2) is 9.69. The molecule has 0 bridgehead atoms. The Balaban J connectivity index is 1.20. The maximum Gasteiger partial charge on any atom is 0.143 e. The van der Waals surface area contributed by atoms with Crippen molar-refractivity contribution >= 4 is 16.9 Å². The molecule has 1 fully saturated rings. The van der Waals surface area contributed by atoms with Gasteiger partial charge in [-0.05, 0) is 74.7 Å². The molecule has 6 rings (SSSR count). The number of nitrogens with one attached hydrogen (secondary N) is 2. The molecule has 0 unspecified atom stereocenters. The number of hydrogen-bond acceptors (Lipinski definition) is 5. The van der Waals surface area contributed by atoms with Crippen molar-refractivity contribution < 1.29 is 9.13 Å². The zero-order valence-corrected chi connectivity index (χ0v) is 21.0. The minimum Gasteiger partial charge on any atom is -0.494 e. The number of halogens is 1. The molecule has 188 valence electrons. The number of piperidine rings is 1. The van der Waals surface area contributed by atoms with Gasteiger partial charge in [-0.2, -0.15) is 0 Å². The number of H-pyrrole nitrogens is 2. The molecule has 0 radical (unpaired) electrons. The first-order valence-electron chi connectivity index (χ1n) is 12.7. The van der Waals surface area contributed by atoms with Gasteiger partial charge in [0.05, 0.1) is 23.4 Å². The molecule has 0 aliphatic carbocycles. The van der Waals surface area contributed by atoms with Gasteiger partial charge in [0.25, 0.3) is 0 Å². The number of rotatable bonds is 6. The molecule has 4 heterocycles. The second-order valence-electron chi connectivity index (χ2n) is 9.45. The van der Waals surface area contributed by atoms with Crippen LogP contribution in [0.1, 0.15) is 37.2 Å². The quantitative estimate of drug-likeness (QED) is 0.291. The molecule has 37 heavy (non-hydrogen) atoms. The smallest absolute Gasteiger partial charge is 0.143 e. The summed E-state index contributed by atoms with van der Waals surface area (Å²) in [6, 6.07) is 16.7. The number of nitrogens with zero attached hydrogens (tertiary/aromatic N) is 4. The van der Waals surface area contributed by atoms with Crippen LogP contribution in [0, 0.1) is 12.7 Å². The molecule has 0 amide bonds. The topological polar surface area (TPSA) is 82.7 Å². The fourth-order valence-corrected chi connectivity index (χ4v) is 5.19. The standard InChI is InChI=1S/C29H29FN6O/c1-3-37-23-6-4-5-21(15-23)26-18(2)33-27(35-26)20-11-13-36(14-12-20)29-24-16-25(34-28(24)31-17-32-29)19-7-9-22(30)10-8-19/h4-10,15-17,20H,3,11-14H2,1-2H3,(H,33,35)(H,31,32,34). The lowest BCUT2D eigenvalue weighted by Crippen LogP contribution is -2.33. The Morgan fingerprint density at radius 2 is 1.81 bits per heavy atom. The van der Waals surface area contributed by atoms with E-state index in [1.165, 1.54) is 12.1 Å². The number of aromatic nitrogens is 5. The molecular weight excluding hydrogens is 467 g/mol. The van der Waals surface area contributed by atoms with Crippen molar-refractivity contribution in [2.75, 3.05) is 24.6 Å². The molecule has 1 saturated heterocycles. The molecule has 8 heteroatoms. The summed E-state index contributed by atoms with van der Waals surface area (Å²) in [7, 11) is 0. The minimum atomic E-state index is -0.249. The zero-order valence-electron chi connectivity index (χ0n) is 21.0. The average Bonchev–Trinajstić information content (AvgIpc) is 3.53. The van der Waals surface area contributed by atoms with Crippen LogP contribution in [0.2, 0.25) is 0 Å². The Labute approximate surface area is 214 Å². The number of ether oxygens (including phenoxy) is 1. The summed E-state index contributed by atoms with van der Waals surface area (Å²) in [5.41, 5.74) is 5.75. The number of aryl methyl sites for hydroxylation is 1. The Bertz CT molecular complexity index is 1530. The number of hydrogen-bond donors (Lipinski definition) is 2. The highest BCUT2D eigenvalue weighted by Gasteiger charge is 2.26. The van der Waals surface area contributed by atoms with Gasteiger partial charge < -0.3 is 19.6 Å². The molecule has 2 aromatic carbocycles. The van der Waals surface area contributed by atoms with Gasteiger partial charge in [0.15, 0.2) is 0 Å². The van der Waals surface area contributed by atoms with E-state index in [0.29, 0.717) is 12.5 Å². The predicted molar refractivity (Wildman–Crippen MR) is 143 cm³/mol. The van der Waals surface area contributed by atoms with E-state index in [0.717, 1.165) is 82.6 Å². The highest BCUT2D eigenvalue weighted by Crippen LogP contribution is 2.35. The third-order valence-electron chi connectivity index (χ3n) is 7.08. The number of fused-ring (bicyclic) bond motifs is 1. The van der Waals surface area contributed by atoms with Crippen LogP contribution < -0.4 is 9.64 Å². The van der Waals surface area contributed by atoms with Crippen molar-refractivity contribution in [1.82, 2.24) is 24.9 Å². The first kappa shape index (κ1) is 23.2. The van der Waals surface area contributed by atoms with Gasteiger partial charge >= 0.3 is 0 Å². The van der Waals surface area contributed by atoms with Crippen molar-refractivity contribution in [1.29, 1.82) is 0 Å². The molecule has 0 spiro atoms. The van der Waals surface area contributed by atoms with E-state index >= 15 is 0 Å². The summed E-state index contributed by atoms with van der Waals surface area (Å²) >= 11 is 0. The van der Waals surface area contributed by atoms with Gasteiger partial charge in [-0.15, -0.1) is 0 Å². The minimum absolute atomic E-state index is 0.249. The van der Waals surface area contributed by atoms with Crippen molar-refractivity contribution in [3.8, 4) is 28.3 Å². The van der Waals surface area contributed by atoms with Crippen LogP contribution >= 0.6 is 0 Å². The van der Waals surface area contributed by atoms with Gasteiger partial charge in [0.2, 0.25) is 0 Å². The molecule has 0 atom stereocenters. The SMILES string of the molecule is CCOc1cccc(-c2[nH]c(C3CCN(c4ncnc5[nH]c(-c6ccc(F)cc6)cc45)CC3)nc2C)c1. The molecular formula is C29H29FN6O. The number of anilines is 1. The average molecular weight is 497 g/mol. The summed E-state index contributed by atoms with van der Waals surface area (Å²) in [6.07, 6.45) is 3.56. The van der Waals surface area contributed by atoms with E-state index in [1.807, 2.05) is 19.1 Å². The fraction of sp³-hybridized carbons (Fsp3) is 0.276. The van der Waals surface area contributed by atoms with E-state index in [4.69, 9.17) is 9.72 Å². The molecule has 0 saturated carbocycles. The van der Waals surface area contributed by atoms with Crippen LogP contribution in [0.5, 0.6) is 5.75 Å². The van der Waals surface area contributed by atoms with Crippen molar-refractivity contribution in [2.24, 2.45) is 0 Å². The fourth-order valence-electron chi connectivity index (χ4n) is 5.19. The molecule has 3 aromatic heterocycles. The maximum absolute atomic E-state index is 13.4. The lowest BCUT2D eigenvalue weighted by Gasteiger charge is -2.32. The summed E-state index contributed by atoms with van der Waals surface area (Å²) < 4.78 is 19.1. The van der Waals surface area contributed by atoms with Crippen molar-refractivity contribution in [3.63, 3.8) is 0 Å². The van der Waals surface area contributed by atoms with Crippen LogP contribution in [0.15, 0.2) is 60.9 Å². The van der Waals surface area contributed by atoms with E-state index in [-0.39, 0.29) is 5.82 Å². The molecule has 1 aliphatic heterocycles. The maximum atomic E-state index is 13.4. The largest absolute Gasteiger partial charge is 0.494 e. The number of aromatic amines is 2.